The molecule has 4 rings (SSSR count). The first-order valence-corrected chi connectivity index (χ1v) is 10.6. The van der Waals surface area contributed by atoms with Crippen LogP contribution in [0.2, 0.25) is 0 Å². The average molecular weight is 418 g/mol. The van der Waals surface area contributed by atoms with Gasteiger partial charge in [-0.1, -0.05) is 35.9 Å². The van der Waals surface area contributed by atoms with Crippen LogP contribution in [0.5, 0.6) is 6.01 Å². The van der Waals surface area contributed by atoms with Crippen LogP contribution in [-0.4, -0.2) is 54.1 Å². The van der Waals surface area contributed by atoms with Gasteiger partial charge in [-0.15, -0.1) is 0 Å². The predicted octanol–water partition coefficient (Wildman–Crippen LogP) is 3.26. The Hall–Kier alpha value is -3.32. The molecule has 1 saturated heterocycles. The second-order valence-electron chi connectivity index (χ2n) is 7.40. The molecule has 7 nitrogen and oxygen atoms in total. The van der Waals surface area contributed by atoms with E-state index >= 15 is 0 Å². The molecule has 0 saturated carbocycles. The van der Waals surface area contributed by atoms with E-state index in [0.717, 1.165) is 35.9 Å². The SMILES string of the molecule is Cc1cccc(C=NCc2cc(N3CCOCC3)nc(OCCc3ccccn3)n2)c1. The maximum absolute atomic E-state index is 5.89. The lowest BCUT2D eigenvalue weighted by molar-refractivity contribution is 0.122. The van der Waals surface area contributed by atoms with Gasteiger partial charge < -0.3 is 14.4 Å². The maximum Gasteiger partial charge on any atom is 0.318 e. The normalized spacial score (nSPS) is 14.2. The first-order valence-electron chi connectivity index (χ1n) is 10.6. The minimum absolute atomic E-state index is 0.376. The van der Waals surface area contributed by atoms with Crippen LogP contribution in [0.1, 0.15) is 22.5 Å². The lowest BCUT2D eigenvalue weighted by Crippen LogP contribution is -2.37. The Morgan fingerprint density at radius 3 is 2.77 bits per heavy atom. The number of morpholine rings is 1. The van der Waals surface area contributed by atoms with Crippen LogP contribution in [0.4, 0.5) is 5.82 Å². The van der Waals surface area contributed by atoms with Crippen LogP contribution in [0.25, 0.3) is 0 Å². The summed E-state index contributed by atoms with van der Waals surface area (Å²) >= 11 is 0. The molecule has 0 atom stereocenters. The van der Waals surface area contributed by atoms with E-state index in [-0.39, 0.29) is 0 Å². The average Bonchev–Trinajstić information content (AvgIpc) is 2.80. The van der Waals surface area contributed by atoms with E-state index in [1.165, 1.54) is 5.56 Å². The molecule has 1 aromatic carbocycles. The molecule has 0 bridgehead atoms. The molecule has 3 heterocycles. The Labute approximate surface area is 182 Å². The molecule has 1 aliphatic rings. The summed E-state index contributed by atoms with van der Waals surface area (Å²) in [5.41, 5.74) is 4.10. The number of hydrogen-bond acceptors (Lipinski definition) is 7. The number of nitrogens with zero attached hydrogens (tertiary/aromatic N) is 5. The molecular weight excluding hydrogens is 390 g/mol. The summed E-state index contributed by atoms with van der Waals surface area (Å²) in [5.74, 6) is 0.854. The molecule has 1 fully saturated rings. The van der Waals surface area contributed by atoms with Gasteiger partial charge in [-0.2, -0.15) is 9.97 Å². The molecule has 0 unspecified atom stereocenters. The lowest BCUT2D eigenvalue weighted by Gasteiger charge is -2.28. The number of aliphatic imine (C=N–C) groups is 1. The molecule has 3 aromatic rings. The summed E-state index contributed by atoms with van der Waals surface area (Å²) in [6.45, 7) is 6.00. The van der Waals surface area contributed by atoms with Crippen molar-refractivity contribution in [3.63, 3.8) is 0 Å². The second kappa shape index (κ2) is 10.6. The molecule has 0 spiro atoms. The van der Waals surface area contributed by atoms with Crippen LogP contribution in [-0.2, 0) is 17.7 Å². The third-order valence-electron chi connectivity index (χ3n) is 4.93. The largest absolute Gasteiger partial charge is 0.463 e. The molecule has 0 radical (unpaired) electrons. The van der Waals surface area contributed by atoms with E-state index in [4.69, 9.17) is 9.47 Å². The molecule has 160 valence electrons. The van der Waals surface area contributed by atoms with E-state index in [1.54, 1.807) is 6.20 Å². The van der Waals surface area contributed by atoms with Gasteiger partial charge in [0.25, 0.3) is 0 Å². The van der Waals surface area contributed by atoms with Gasteiger partial charge in [0.1, 0.15) is 5.82 Å². The molecular formula is C24H27N5O2. The molecule has 31 heavy (non-hydrogen) atoms. The van der Waals surface area contributed by atoms with Crippen molar-refractivity contribution in [3.8, 4) is 6.01 Å². The fourth-order valence-electron chi connectivity index (χ4n) is 3.35. The highest BCUT2D eigenvalue weighted by atomic mass is 16.5. The first-order chi connectivity index (χ1) is 15.3. The standard InChI is InChI=1S/C24H27N5O2/c1-19-5-4-6-20(15-19)17-25-18-22-16-23(29-10-13-30-14-11-29)28-24(27-22)31-12-8-21-7-2-3-9-26-21/h2-7,9,15-17H,8,10-14,18H2,1H3. The van der Waals surface area contributed by atoms with Crippen LogP contribution >= 0.6 is 0 Å². The second-order valence-corrected chi connectivity index (χ2v) is 7.40. The van der Waals surface area contributed by atoms with Gasteiger partial charge in [-0.05, 0) is 24.6 Å². The minimum Gasteiger partial charge on any atom is -0.463 e. The Morgan fingerprint density at radius 1 is 1.06 bits per heavy atom. The highest BCUT2D eigenvalue weighted by Crippen LogP contribution is 2.18. The topological polar surface area (TPSA) is 72.7 Å². The summed E-state index contributed by atoms with van der Waals surface area (Å²) in [7, 11) is 0. The monoisotopic (exact) mass is 417 g/mol. The summed E-state index contributed by atoms with van der Waals surface area (Å²) in [4.78, 5) is 20.3. The van der Waals surface area contributed by atoms with Gasteiger partial charge in [-0.3, -0.25) is 9.98 Å². The smallest absolute Gasteiger partial charge is 0.318 e. The van der Waals surface area contributed by atoms with Crippen LogP contribution < -0.4 is 9.64 Å². The van der Waals surface area contributed by atoms with Crippen molar-refractivity contribution in [3.05, 3.63) is 77.2 Å². The lowest BCUT2D eigenvalue weighted by atomic mass is 10.1. The summed E-state index contributed by atoms with van der Waals surface area (Å²) in [5, 5.41) is 0. The van der Waals surface area contributed by atoms with Crippen LogP contribution in [0.15, 0.2) is 59.7 Å². The summed E-state index contributed by atoms with van der Waals surface area (Å²) in [6, 6.07) is 16.5. The first kappa shape index (κ1) is 20.9. The van der Waals surface area contributed by atoms with Gasteiger partial charge in [-0.25, -0.2) is 0 Å². The van der Waals surface area contributed by atoms with Crippen molar-refractivity contribution in [2.45, 2.75) is 19.9 Å². The van der Waals surface area contributed by atoms with Gasteiger partial charge in [0.15, 0.2) is 0 Å². The number of hydrogen-bond donors (Lipinski definition) is 0. The number of ether oxygens (including phenoxy) is 2. The molecule has 0 aliphatic carbocycles. The van der Waals surface area contributed by atoms with E-state index in [1.807, 2.05) is 42.6 Å². The number of aryl methyl sites for hydroxylation is 1. The van der Waals surface area contributed by atoms with Crippen molar-refractivity contribution in [1.29, 1.82) is 0 Å². The van der Waals surface area contributed by atoms with Gasteiger partial charge >= 0.3 is 6.01 Å². The fourth-order valence-corrected chi connectivity index (χ4v) is 3.35. The number of anilines is 1. The number of rotatable bonds is 8. The fraction of sp³-hybridized carbons (Fsp3) is 0.333. The zero-order valence-corrected chi connectivity index (χ0v) is 17.8. The van der Waals surface area contributed by atoms with Crippen molar-refractivity contribution < 1.29 is 9.47 Å². The zero-order chi connectivity index (χ0) is 21.3. The maximum atomic E-state index is 5.89. The van der Waals surface area contributed by atoms with E-state index in [2.05, 4.69) is 43.9 Å². The van der Waals surface area contributed by atoms with Crippen molar-refractivity contribution in [2.24, 2.45) is 4.99 Å². The summed E-state index contributed by atoms with van der Waals surface area (Å²) in [6.07, 6.45) is 4.37. The van der Waals surface area contributed by atoms with Crippen molar-refractivity contribution in [2.75, 3.05) is 37.8 Å². The molecule has 2 aromatic heterocycles. The van der Waals surface area contributed by atoms with Crippen molar-refractivity contribution >= 4 is 12.0 Å². The van der Waals surface area contributed by atoms with E-state index < -0.39 is 0 Å². The highest BCUT2D eigenvalue weighted by Gasteiger charge is 2.15. The molecule has 1 aliphatic heterocycles. The predicted molar refractivity (Wildman–Crippen MR) is 121 cm³/mol. The Balaban J connectivity index is 1.46. The molecule has 0 amide bonds. The molecule has 7 heteroatoms. The van der Waals surface area contributed by atoms with Gasteiger partial charge in [0.2, 0.25) is 0 Å². The zero-order valence-electron chi connectivity index (χ0n) is 17.8. The van der Waals surface area contributed by atoms with Crippen molar-refractivity contribution in [1.82, 2.24) is 15.0 Å². The Kier molecular flexibility index (Phi) is 7.18. The number of aromatic nitrogens is 3. The highest BCUT2D eigenvalue weighted by molar-refractivity contribution is 5.79. The third kappa shape index (κ3) is 6.33. The molecule has 0 N–H and O–H groups in total. The van der Waals surface area contributed by atoms with E-state index in [9.17, 15) is 0 Å². The third-order valence-corrected chi connectivity index (χ3v) is 4.93. The quantitative estimate of drug-likeness (QED) is 0.524. The summed E-state index contributed by atoms with van der Waals surface area (Å²) < 4.78 is 11.4. The van der Waals surface area contributed by atoms with Crippen LogP contribution in [0.3, 0.4) is 0 Å². The Morgan fingerprint density at radius 2 is 1.97 bits per heavy atom. The van der Waals surface area contributed by atoms with Gasteiger partial charge in [0.05, 0.1) is 32.1 Å². The number of pyridine rings is 1. The Bertz CT molecular complexity index is 1000. The van der Waals surface area contributed by atoms with Gasteiger partial charge in [0, 0.05) is 43.7 Å². The minimum atomic E-state index is 0.376. The number of benzene rings is 1. The van der Waals surface area contributed by atoms with Crippen LogP contribution in [0, 0.1) is 6.92 Å². The van der Waals surface area contributed by atoms with E-state index in [0.29, 0.717) is 38.8 Å².